The number of benzene rings is 3. The smallest absolute Gasteiger partial charge is 0.251 e. The van der Waals surface area contributed by atoms with Crippen molar-refractivity contribution < 1.29 is 9.59 Å². The lowest BCUT2D eigenvalue weighted by Crippen LogP contribution is -2.22. The van der Waals surface area contributed by atoms with Crippen LogP contribution < -0.4 is 16.4 Å². The number of carbonyl (C=O) groups excluding carboxylic acids is 2. The first-order valence-electron chi connectivity index (χ1n) is 13.4. The zero-order chi connectivity index (χ0) is 29.1. The van der Waals surface area contributed by atoms with Crippen molar-refractivity contribution in [1.82, 2.24) is 24.8 Å². The van der Waals surface area contributed by atoms with Gasteiger partial charge in [-0.15, -0.1) is 0 Å². The van der Waals surface area contributed by atoms with Gasteiger partial charge in [0.05, 0.1) is 5.56 Å². The molecular formula is C33H27N7O2. The van der Waals surface area contributed by atoms with E-state index in [1.807, 2.05) is 89.5 Å². The zero-order valence-corrected chi connectivity index (χ0v) is 22.8. The molecule has 0 aliphatic heterocycles. The first-order chi connectivity index (χ1) is 20.5. The first-order valence-corrected chi connectivity index (χ1v) is 13.4. The molecule has 0 aliphatic rings. The van der Waals surface area contributed by atoms with Gasteiger partial charge in [-0.2, -0.15) is 0 Å². The molecule has 0 saturated carbocycles. The fraction of sp³-hybridized carbons (Fsp3) is 0.0606. The number of anilines is 2. The SMILES string of the molecule is CC(=O)Nc1ccc(-c2cnc3c(c2)nc(-c2cccnc2N)n3-c2ccc(CNC(=O)c3ccccc3)cc2)cc1. The normalized spacial score (nSPS) is 10.9. The van der Waals surface area contributed by atoms with Crippen LogP contribution in [0.25, 0.3) is 39.4 Å². The average Bonchev–Trinajstić information content (AvgIpc) is 3.39. The van der Waals surface area contributed by atoms with Crippen molar-refractivity contribution >= 4 is 34.5 Å². The summed E-state index contributed by atoms with van der Waals surface area (Å²) in [7, 11) is 0. The summed E-state index contributed by atoms with van der Waals surface area (Å²) in [5, 5.41) is 5.74. The minimum atomic E-state index is -0.126. The Labute approximate surface area is 242 Å². The summed E-state index contributed by atoms with van der Waals surface area (Å²) in [6.45, 7) is 1.87. The zero-order valence-electron chi connectivity index (χ0n) is 22.8. The Morgan fingerprint density at radius 3 is 2.33 bits per heavy atom. The maximum atomic E-state index is 12.5. The number of nitrogen functional groups attached to an aromatic ring is 1. The highest BCUT2D eigenvalue weighted by Crippen LogP contribution is 2.32. The van der Waals surface area contributed by atoms with E-state index in [1.54, 1.807) is 24.5 Å². The predicted octanol–water partition coefficient (Wildman–Crippen LogP) is 5.62. The minimum Gasteiger partial charge on any atom is -0.383 e. The second-order valence-electron chi connectivity index (χ2n) is 9.75. The molecule has 0 atom stereocenters. The van der Waals surface area contributed by atoms with Gasteiger partial charge in [0, 0.05) is 48.4 Å². The molecule has 9 heteroatoms. The van der Waals surface area contributed by atoms with Crippen molar-refractivity contribution in [2.24, 2.45) is 0 Å². The van der Waals surface area contributed by atoms with Gasteiger partial charge in [-0.25, -0.2) is 15.0 Å². The van der Waals surface area contributed by atoms with Crippen molar-refractivity contribution in [3.05, 3.63) is 121 Å². The molecule has 0 unspecified atom stereocenters. The van der Waals surface area contributed by atoms with Gasteiger partial charge in [0.25, 0.3) is 5.91 Å². The lowest BCUT2D eigenvalue weighted by Gasteiger charge is -2.11. The highest BCUT2D eigenvalue weighted by atomic mass is 16.2. The number of hydrogen-bond donors (Lipinski definition) is 3. The molecule has 6 rings (SSSR count). The number of aromatic nitrogens is 4. The summed E-state index contributed by atoms with van der Waals surface area (Å²) >= 11 is 0. The fourth-order valence-corrected chi connectivity index (χ4v) is 4.74. The second kappa shape index (κ2) is 11.3. The molecule has 3 aromatic carbocycles. The lowest BCUT2D eigenvalue weighted by atomic mass is 10.1. The quantitative estimate of drug-likeness (QED) is 0.235. The number of nitrogens with two attached hydrogens (primary N) is 1. The van der Waals surface area contributed by atoms with E-state index in [0.717, 1.165) is 28.1 Å². The van der Waals surface area contributed by atoms with Crippen LogP contribution in [0, 0.1) is 0 Å². The Hall–Kier alpha value is -5.83. The maximum Gasteiger partial charge on any atom is 0.251 e. The number of nitrogens with one attached hydrogen (secondary N) is 2. The third-order valence-corrected chi connectivity index (χ3v) is 6.80. The van der Waals surface area contributed by atoms with E-state index in [1.165, 1.54) is 6.92 Å². The molecule has 6 aromatic rings. The van der Waals surface area contributed by atoms with E-state index in [2.05, 4.69) is 15.6 Å². The summed E-state index contributed by atoms with van der Waals surface area (Å²) in [6, 6.07) is 30.3. The molecule has 0 saturated heterocycles. The number of pyridine rings is 2. The summed E-state index contributed by atoms with van der Waals surface area (Å²) < 4.78 is 1.96. The average molecular weight is 554 g/mol. The molecule has 42 heavy (non-hydrogen) atoms. The number of imidazole rings is 1. The van der Waals surface area contributed by atoms with Crippen LogP contribution in [0.1, 0.15) is 22.8 Å². The number of hydrogen-bond acceptors (Lipinski definition) is 6. The molecule has 0 aliphatic carbocycles. The first kappa shape index (κ1) is 26.4. The van der Waals surface area contributed by atoms with Crippen LogP contribution in [0.2, 0.25) is 0 Å². The highest BCUT2D eigenvalue weighted by Gasteiger charge is 2.18. The van der Waals surface area contributed by atoms with Gasteiger partial charge in [-0.05, 0) is 65.7 Å². The van der Waals surface area contributed by atoms with Gasteiger partial charge in [0.2, 0.25) is 5.91 Å². The number of amides is 2. The molecule has 0 radical (unpaired) electrons. The molecule has 2 amide bonds. The third kappa shape index (κ3) is 5.44. The van der Waals surface area contributed by atoms with Gasteiger partial charge in [-0.3, -0.25) is 14.2 Å². The highest BCUT2D eigenvalue weighted by molar-refractivity contribution is 5.94. The summed E-state index contributed by atoms with van der Waals surface area (Å²) in [4.78, 5) is 37.9. The summed E-state index contributed by atoms with van der Waals surface area (Å²) in [5.41, 5.74) is 13.3. The summed E-state index contributed by atoms with van der Waals surface area (Å²) in [6.07, 6.45) is 3.45. The molecule has 0 fully saturated rings. The van der Waals surface area contributed by atoms with Crippen LogP contribution in [-0.4, -0.2) is 31.3 Å². The van der Waals surface area contributed by atoms with Crippen LogP contribution in [-0.2, 0) is 11.3 Å². The second-order valence-corrected chi connectivity index (χ2v) is 9.75. The lowest BCUT2D eigenvalue weighted by molar-refractivity contribution is -0.114. The van der Waals surface area contributed by atoms with E-state index in [9.17, 15) is 9.59 Å². The number of nitrogens with zero attached hydrogens (tertiary/aromatic N) is 4. The molecular weight excluding hydrogens is 526 g/mol. The molecule has 3 aromatic heterocycles. The Kier molecular flexibility index (Phi) is 7.13. The Balaban J connectivity index is 1.34. The largest absolute Gasteiger partial charge is 0.383 e. The van der Waals surface area contributed by atoms with Gasteiger partial charge in [-0.1, -0.05) is 42.5 Å². The van der Waals surface area contributed by atoms with Crippen LogP contribution in [0.3, 0.4) is 0 Å². The van der Waals surface area contributed by atoms with E-state index in [-0.39, 0.29) is 11.8 Å². The molecule has 3 heterocycles. The molecule has 0 bridgehead atoms. The van der Waals surface area contributed by atoms with Crippen molar-refractivity contribution in [2.75, 3.05) is 11.1 Å². The summed E-state index contributed by atoms with van der Waals surface area (Å²) in [5.74, 6) is 0.734. The van der Waals surface area contributed by atoms with Gasteiger partial charge < -0.3 is 16.4 Å². The number of rotatable bonds is 7. The molecule has 0 spiro atoms. The van der Waals surface area contributed by atoms with E-state index in [4.69, 9.17) is 15.7 Å². The number of fused-ring (bicyclic) bond motifs is 1. The molecule has 4 N–H and O–H groups in total. The maximum absolute atomic E-state index is 12.5. The van der Waals surface area contributed by atoms with Crippen LogP contribution >= 0.6 is 0 Å². The molecule has 9 nitrogen and oxygen atoms in total. The van der Waals surface area contributed by atoms with Crippen molar-refractivity contribution in [1.29, 1.82) is 0 Å². The minimum absolute atomic E-state index is 0.122. The van der Waals surface area contributed by atoms with E-state index < -0.39 is 0 Å². The standard InChI is InChI=1S/C33H27N7O2/c1-21(41)38-26-13-11-23(12-14-26)25-18-29-32(36-20-25)40(31(39-29)28-8-5-17-35-30(28)34)27-15-9-22(10-16-27)19-37-33(42)24-6-3-2-4-7-24/h2-18,20H,19H2,1H3,(H2,34,35)(H,37,42)(H,38,41). The Morgan fingerprint density at radius 2 is 1.62 bits per heavy atom. The van der Waals surface area contributed by atoms with Gasteiger partial charge in [0.1, 0.15) is 11.3 Å². The fourth-order valence-electron chi connectivity index (χ4n) is 4.74. The van der Waals surface area contributed by atoms with E-state index in [0.29, 0.717) is 40.5 Å². The van der Waals surface area contributed by atoms with Crippen LogP contribution in [0.15, 0.2) is 109 Å². The van der Waals surface area contributed by atoms with E-state index >= 15 is 0 Å². The Morgan fingerprint density at radius 1 is 0.857 bits per heavy atom. The monoisotopic (exact) mass is 553 g/mol. The van der Waals surface area contributed by atoms with Gasteiger partial charge in [0.15, 0.2) is 11.5 Å². The van der Waals surface area contributed by atoms with Crippen molar-refractivity contribution in [3.63, 3.8) is 0 Å². The Bertz CT molecular complexity index is 1900. The van der Waals surface area contributed by atoms with Crippen molar-refractivity contribution in [2.45, 2.75) is 13.5 Å². The van der Waals surface area contributed by atoms with Gasteiger partial charge >= 0.3 is 0 Å². The number of carbonyl (C=O) groups is 2. The predicted molar refractivity (Wildman–Crippen MR) is 164 cm³/mol. The third-order valence-electron chi connectivity index (χ3n) is 6.80. The van der Waals surface area contributed by atoms with Crippen LogP contribution in [0.4, 0.5) is 11.5 Å². The van der Waals surface area contributed by atoms with Crippen molar-refractivity contribution in [3.8, 4) is 28.2 Å². The molecule has 206 valence electrons. The van der Waals surface area contributed by atoms with Crippen LogP contribution in [0.5, 0.6) is 0 Å². The topological polar surface area (TPSA) is 128 Å².